The van der Waals surface area contributed by atoms with E-state index in [9.17, 15) is 0 Å². The summed E-state index contributed by atoms with van der Waals surface area (Å²) in [5, 5.41) is 4.93. The fourth-order valence-corrected chi connectivity index (χ4v) is 3.46. The van der Waals surface area contributed by atoms with Gasteiger partial charge in [-0.15, -0.1) is 11.8 Å². The van der Waals surface area contributed by atoms with Gasteiger partial charge in [-0.25, -0.2) is 0 Å². The van der Waals surface area contributed by atoms with E-state index >= 15 is 0 Å². The van der Waals surface area contributed by atoms with Crippen LogP contribution < -0.4 is 5.32 Å². The average Bonchev–Trinajstić information content (AvgIpc) is 2.43. The monoisotopic (exact) mass is 325 g/mol. The van der Waals surface area contributed by atoms with Gasteiger partial charge in [0, 0.05) is 26.7 Å². The Kier molecular flexibility index (Phi) is 5.79. The molecule has 20 heavy (non-hydrogen) atoms. The van der Waals surface area contributed by atoms with Gasteiger partial charge in [-0.05, 0) is 49.4 Å². The lowest BCUT2D eigenvalue weighted by Crippen LogP contribution is -2.18. The summed E-state index contributed by atoms with van der Waals surface area (Å²) in [5.41, 5.74) is 2.31. The fraction of sp³-hybridized carbons (Fsp3) is 0.250. The van der Waals surface area contributed by atoms with Gasteiger partial charge in [-0.2, -0.15) is 0 Å². The Morgan fingerprint density at radius 3 is 2.60 bits per heavy atom. The van der Waals surface area contributed by atoms with Crippen molar-refractivity contribution in [1.29, 1.82) is 0 Å². The van der Waals surface area contributed by atoms with E-state index < -0.39 is 0 Å². The van der Waals surface area contributed by atoms with Gasteiger partial charge in [-0.3, -0.25) is 0 Å². The molecular weight excluding hydrogens is 309 g/mol. The number of hydrogen-bond acceptors (Lipinski definition) is 2. The SMILES string of the molecule is CNC(CSc1cccc(Cl)c1)c1ccc(C)c(Cl)c1. The highest BCUT2D eigenvalue weighted by Crippen LogP contribution is 2.28. The van der Waals surface area contributed by atoms with E-state index in [1.165, 1.54) is 10.5 Å². The van der Waals surface area contributed by atoms with Gasteiger partial charge < -0.3 is 5.32 Å². The van der Waals surface area contributed by atoms with Crippen LogP contribution in [0.1, 0.15) is 17.2 Å². The van der Waals surface area contributed by atoms with Gasteiger partial charge in [0.05, 0.1) is 0 Å². The van der Waals surface area contributed by atoms with Crippen molar-refractivity contribution in [2.75, 3.05) is 12.8 Å². The average molecular weight is 326 g/mol. The molecule has 1 unspecified atom stereocenters. The van der Waals surface area contributed by atoms with Crippen LogP contribution in [0.2, 0.25) is 10.0 Å². The Morgan fingerprint density at radius 2 is 1.95 bits per heavy atom. The van der Waals surface area contributed by atoms with Crippen molar-refractivity contribution in [2.24, 2.45) is 0 Å². The number of aryl methyl sites for hydroxylation is 1. The number of thioether (sulfide) groups is 1. The molecule has 0 saturated carbocycles. The number of halogens is 2. The lowest BCUT2D eigenvalue weighted by atomic mass is 10.1. The van der Waals surface area contributed by atoms with Gasteiger partial charge in [0.2, 0.25) is 0 Å². The number of nitrogens with one attached hydrogen (secondary N) is 1. The maximum atomic E-state index is 6.20. The van der Waals surface area contributed by atoms with Crippen LogP contribution in [0.25, 0.3) is 0 Å². The van der Waals surface area contributed by atoms with Crippen molar-refractivity contribution in [3.05, 3.63) is 63.6 Å². The highest BCUT2D eigenvalue weighted by Gasteiger charge is 2.11. The van der Waals surface area contributed by atoms with Crippen molar-refractivity contribution >= 4 is 35.0 Å². The van der Waals surface area contributed by atoms with E-state index in [0.717, 1.165) is 21.4 Å². The molecule has 0 aliphatic carbocycles. The van der Waals surface area contributed by atoms with Crippen LogP contribution in [0.15, 0.2) is 47.4 Å². The predicted molar refractivity (Wildman–Crippen MR) is 90.2 cm³/mol. The Balaban J connectivity index is 2.07. The van der Waals surface area contributed by atoms with Gasteiger partial charge in [-0.1, -0.05) is 41.4 Å². The summed E-state index contributed by atoms with van der Waals surface area (Å²) < 4.78 is 0. The molecule has 0 bridgehead atoms. The third-order valence-corrected chi connectivity index (χ3v) is 4.89. The lowest BCUT2D eigenvalue weighted by molar-refractivity contribution is 0.662. The third-order valence-electron chi connectivity index (χ3n) is 3.16. The fourth-order valence-electron chi connectivity index (χ4n) is 1.91. The molecule has 2 rings (SSSR count). The summed E-state index contributed by atoms with van der Waals surface area (Å²) in [4.78, 5) is 1.18. The van der Waals surface area contributed by atoms with Crippen LogP contribution in [0.3, 0.4) is 0 Å². The molecule has 2 aromatic carbocycles. The molecular formula is C16H17Cl2NS. The summed E-state index contributed by atoms with van der Waals surface area (Å²) in [6.07, 6.45) is 0. The maximum absolute atomic E-state index is 6.20. The van der Waals surface area contributed by atoms with Gasteiger partial charge in [0.15, 0.2) is 0 Å². The third kappa shape index (κ3) is 4.16. The smallest absolute Gasteiger partial charge is 0.0438 e. The molecule has 0 saturated heterocycles. The minimum atomic E-state index is 0.261. The number of benzene rings is 2. The molecule has 2 aromatic rings. The summed E-state index contributed by atoms with van der Waals surface area (Å²) in [6, 6.07) is 14.4. The minimum Gasteiger partial charge on any atom is -0.312 e. The van der Waals surface area contributed by atoms with E-state index in [0.29, 0.717) is 0 Å². The zero-order valence-corrected chi connectivity index (χ0v) is 13.8. The first-order chi connectivity index (χ1) is 9.60. The second-order valence-corrected chi connectivity index (χ2v) is 6.56. The summed E-state index contributed by atoms with van der Waals surface area (Å²) in [6.45, 7) is 2.02. The van der Waals surface area contributed by atoms with Gasteiger partial charge in [0.1, 0.15) is 0 Å². The number of hydrogen-bond donors (Lipinski definition) is 1. The van der Waals surface area contributed by atoms with Crippen LogP contribution in [0, 0.1) is 6.92 Å². The van der Waals surface area contributed by atoms with E-state index in [2.05, 4.69) is 23.5 Å². The zero-order valence-electron chi connectivity index (χ0n) is 11.5. The van der Waals surface area contributed by atoms with Crippen molar-refractivity contribution in [1.82, 2.24) is 5.32 Å². The molecule has 0 fully saturated rings. The van der Waals surface area contributed by atoms with Crippen molar-refractivity contribution in [2.45, 2.75) is 17.9 Å². The molecule has 1 N–H and O–H groups in total. The molecule has 4 heteroatoms. The second-order valence-electron chi connectivity index (χ2n) is 4.62. The number of rotatable bonds is 5. The van der Waals surface area contributed by atoms with Crippen LogP contribution >= 0.6 is 35.0 Å². The molecule has 0 amide bonds. The molecule has 0 aliphatic rings. The zero-order chi connectivity index (χ0) is 14.5. The van der Waals surface area contributed by atoms with Gasteiger partial charge in [0.25, 0.3) is 0 Å². The standard InChI is InChI=1S/C16H17Cl2NS/c1-11-6-7-12(8-15(11)18)16(19-2)10-20-14-5-3-4-13(17)9-14/h3-9,16,19H,10H2,1-2H3. The van der Waals surface area contributed by atoms with E-state index in [4.69, 9.17) is 23.2 Å². The topological polar surface area (TPSA) is 12.0 Å². The quantitative estimate of drug-likeness (QED) is 0.743. The Morgan fingerprint density at radius 1 is 1.15 bits per heavy atom. The van der Waals surface area contributed by atoms with Crippen molar-refractivity contribution < 1.29 is 0 Å². The minimum absolute atomic E-state index is 0.261. The van der Waals surface area contributed by atoms with E-state index in [1.54, 1.807) is 11.8 Å². The lowest BCUT2D eigenvalue weighted by Gasteiger charge is -2.17. The van der Waals surface area contributed by atoms with E-state index in [1.807, 2.05) is 38.2 Å². The molecule has 0 aliphatic heterocycles. The Hall–Kier alpha value is -0.670. The first-order valence-corrected chi connectivity index (χ1v) is 8.16. The molecule has 1 nitrogen and oxygen atoms in total. The van der Waals surface area contributed by atoms with Crippen LogP contribution in [0.5, 0.6) is 0 Å². The molecule has 106 valence electrons. The second kappa shape index (κ2) is 7.37. The van der Waals surface area contributed by atoms with Crippen molar-refractivity contribution in [3.8, 4) is 0 Å². The van der Waals surface area contributed by atoms with Crippen LogP contribution in [-0.4, -0.2) is 12.8 Å². The summed E-state index contributed by atoms with van der Waals surface area (Å²) in [5.74, 6) is 0.927. The van der Waals surface area contributed by atoms with E-state index in [-0.39, 0.29) is 6.04 Å². The van der Waals surface area contributed by atoms with Crippen LogP contribution in [0.4, 0.5) is 0 Å². The predicted octanol–water partition coefficient (Wildman–Crippen LogP) is 5.35. The van der Waals surface area contributed by atoms with Crippen LogP contribution in [-0.2, 0) is 0 Å². The largest absolute Gasteiger partial charge is 0.312 e. The van der Waals surface area contributed by atoms with Gasteiger partial charge >= 0.3 is 0 Å². The Labute approximate surface area is 134 Å². The highest BCUT2D eigenvalue weighted by molar-refractivity contribution is 7.99. The summed E-state index contributed by atoms with van der Waals surface area (Å²) >= 11 is 14.0. The molecule has 0 spiro atoms. The van der Waals surface area contributed by atoms with Crippen molar-refractivity contribution in [3.63, 3.8) is 0 Å². The molecule has 0 aromatic heterocycles. The Bertz CT molecular complexity index is 586. The molecule has 0 heterocycles. The first-order valence-electron chi connectivity index (χ1n) is 6.42. The molecule has 0 radical (unpaired) electrons. The highest BCUT2D eigenvalue weighted by atomic mass is 35.5. The summed E-state index contributed by atoms with van der Waals surface area (Å²) in [7, 11) is 1.97. The normalized spacial score (nSPS) is 12.4. The molecule has 1 atom stereocenters. The maximum Gasteiger partial charge on any atom is 0.0438 e. The first kappa shape index (κ1) is 15.7.